The Morgan fingerprint density at radius 1 is 1.26 bits per heavy atom. The molecule has 0 saturated carbocycles. The van der Waals surface area contributed by atoms with Gasteiger partial charge in [0, 0.05) is 43.7 Å². The second-order valence-electron chi connectivity index (χ2n) is 6.17. The number of benzene rings is 1. The number of aryl methyl sites for hydroxylation is 1. The molecule has 0 spiro atoms. The molecular formula is C18H21F2N3O3S. The summed E-state index contributed by atoms with van der Waals surface area (Å²) in [5.41, 5.74) is 1.34. The van der Waals surface area contributed by atoms with Gasteiger partial charge >= 0.3 is 6.61 Å². The summed E-state index contributed by atoms with van der Waals surface area (Å²) in [5.74, 6) is -0.188. The van der Waals surface area contributed by atoms with E-state index >= 15 is 0 Å². The number of halogens is 2. The zero-order chi connectivity index (χ0) is 19.4. The molecule has 1 amide bonds. The van der Waals surface area contributed by atoms with E-state index in [1.807, 2.05) is 6.92 Å². The number of ether oxygens (including phenoxy) is 2. The van der Waals surface area contributed by atoms with E-state index in [2.05, 4.69) is 20.0 Å². The molecule has 1 aromatic heterocycles. The second kappa shape index (κ2) is 8.62. The van der Waals surface area contributed by atoms with Gasteiger partial charge in [0.2, 0.25) is 0 Å². The lowest BCUT2D eigenvalue weighted by atomic mass is 10.1. The third kappa shape index (κ3) is 4.92. The molecule has 1 aliphatic heterocycles. The maximum atomic E-state index is 12.7. The molecule has 3 rings (SSSR count). The molecule has 0 aliphatic carbocycles. The molecule has 1 saturated heterocycles. The number of alkyl halides is 2. The minimum absolute atomic E-state index is 0.143. The van der Waals surface area contributed by atoms with E-state index in [1.165, 1.54) is 19.2 Å². The molecule has 9 heteroatoms. The van der Waals surface area contributed by atoms with Crippen LogP contribution in [-0.4, -0.2) is 60.6 Å². The van der Waals surface area contributed by atoms with Gasteiger partial charge in [-0.3, -0.25) is 9.69 Å². The summed E-state index contributed by atoms with van der Waals surface area (Å²) in [6.45, 7) is 2.37. The van der Waals surface area contributed by atoms with Crippen LogP contribution in [0, 0.1) is 6.92 Å². The third-order valence-corrected chi connectivity index (χ3v) is 5.16. The molecule has 0 N–H and O–H groups in total. The Morgan fingerprint density at radius 3 is 2.59 bits per heavy atom. The average Bonchev–Trinajstić information content (AvgIpc) is 3.06. The fourth-order valence-electron chi connectivity index (χ4n) is 3.00. The Balaban J connectivity index is 1.61. The zero-order valence-electron chi connectivity index (χ0n) is 15.2. The van der Waals surface area contributed by atoms with Crippen molar-refractivity contribution >= 4 is 17.2 Å². The van der Waals surface area contributed by atoms with E-state index in [-0.39, 0.29) is 17.4 Å². The number of carbonyl (C=O) groups excluding carboxylic acids is 1. The lowest BCUT2D eigenvalue weighted by Gasteiger charge is -2.34. The first kappa shape index (κ1) is 19.5. The van der Waals surface area contributed by atoms with E-state index in [0.29, 0.717) is 18.7 Å². The van der Waals surface area contributed by atoms with Crippen LogP contribution in [0.3, 0.4) is 0 Å². The minimum atomic E-state index is -2.98. The Bertz CT molecular complexity index is 792. The zero-order valence-corrected chi connectivity index (χ0v) is 16.0. The van der Waals surface area contributed by atoms with Gasteiger partial charge in [0.05, 0.1) is 17.8 Å². The Labute approximate surface area is 160 Å². The topological polar surface area (TPSA) is 54.9 Å². The van der Waals surface area contributed by atoms with Crippen molar-refractivity contribution in [3.8, 4) is 11.5 Å². The SMILES string of the molecule is COc1ccc(C(=O)N2CCN(Cc3csc(C)n3)CC2)cc1OC(F)F. The molecule has 146 valence electrons. The van der Waals surface area contributed by atoms with Gasteiger partial charge in [-0.2, -0.15) is 8.78 Å². The number of amides is 1. The molecule has 1 aromatic carbocycles. The third-order valence-electron chi connectivity index (χ3n) is 4.34. The summed E-state index contributed by atoms with van der Waals surface area (Å²) in [6, 6.07) is 4.33. The summed E-state index contributed by atoms with van der Waals surface area (Å²) in [7, 11) is 1.36. The van der Waals surface area contributed by atoms with Gasteiger partial charge in [-0.15, -0.1) is 11.3 Å². The standard InChI is InChI=1S/C18H21F2N3O3S/c1-12-21-14(11-27-12)10-22-5-7-23(8-6-22)17(24)13-3-4-15(25-2)16(9-13)26-18(19)20/h3-4,9,11,18H,5-8,10H2,1-2H3. The number of nitrogens with zero attached hydrogens (tertiary/aromatic N) is 3. The molecule has 1 aliphatic rings. The van der Waals surface area contributed by atoms with Crippen LogP contribution in [0.15, 0.2) is 23.6 Å². The van der Waals surface area contributed by atoms with Gasteiger partial charge in [-0.05, 0) is 25.1 Å². The maximum absolute atomic E-state index is 12.7. The van der Waals surface area contributed by atoms with Crippen LogP contribution in [0.1, 0.15) is 21.1 Å². The maximum Gasteiger partial charge on any atom is 0.387 e. The first-order valence-electron chi connectivity index (χ1n) is 8.51. The normalized spacial score (nSPS) is 15.2. The van der Waals surface area contributed by atoms with E-state index in [9.17, 15) is 13.6 Å². The highest BCUT2D eigenvalue weighted by molar-refractivity contribution is 7.09. The van der Waals surface area contributed by atoms with Gasteiger partial charge in [-0.25, -0.2) is 4.98 Å². The van der Waals surface area contributed by atoms with E-state index in [0.717, 1.165) is 30.3 Å². The van der Waals surface area contributed by atoms with Crippen molar-refractivity contribution in [1.82, 2.24) is 14.8 Å². The summed E-state index contributed by atoms with van der Waals surface area (Å²) in [6.07, 6.45) is 0. The van der Waals surface area contributed by atoms with Crippen molar-refractivity contribution in [2.24, 2.45) is 0 Å². The number of piperazine rings is 1. The van der Waals surface area contributed by atoms with Crippen LogP contribution in [-0.2, 0) is 6.54 Å². The van der Waals surface area contributed by atoms with E-state index < -0.39 is 6.61 Å². The molecule has 2 heterocycles. The largest absolute Gasteiger partial charge is 0.493 e. The highest BCUT2D eigenvalue weighted by atomic mass is 32.1. The summed E-state index contributed by atoms with van der Waals surface area (Å²) in [4.78, 5) is 21.2. The number of methoxy groups -OCH3 is 1. The quantitative estimate of drug-likeness (QED) is 0.750. The van der Waals surface area contributed by atoms with Crippen LogP contribution in [0.25, 0.3) is 0 Å². The Hall–Kier alpha value is -2.26. The number of hydrogen-bond donors (Lipinski definition) is 0. The number of rotatable bonds is 6. The van der Waals surface area contributed by atoms with Gasteiger partial charge in [0.25, 0.3) is 5.91 Å². The van der Waals surface area contributed by atoms with Gasteiger partial charge in [-0.1, -0.05) is 0 Å². The van der Waals surface area contributed by atoms with Crippen LogP contribution >= 0.6 is 11.3 Å². The molecule has 0 atom stereocenters. The van der Waals surface area contributed by atoms with Crippen molar-refractivity contribution in [2.75, 3.05) is 33.3 Å². The van der Waals surface area contributed by atoms with Crippen LogP contribution in [0.5, 0.6) is 11.5 Å². The van der Waals surface area contributed by atoms with Crippen LogP contribution in [0.4, 0.5) is 8.78 Å². The highest BCUT2D eigenvalue weighted by Gasteiger charge is 2.24. The van der Waals surface area contributed by atoms with Crippen molar-refractivity contribution in [3.05, 3.63) is 39.8 Å². The minimum Gasteiger partial charge on any atom is -0.493 e. The average molecular weight is 397 g/mol. The summed E-state index contributed by atoms with van der Waals surface area (Å²) < 4.78 is 34.6. The summed E-state index contributed by atoms with van der Waals surface area (Å²) >= 11 is 1.63. The number of hydrogen-bond acceptors (Lipinski definition) is 6. The molecule has 0 unspecified atom stereocenters. The van der Waals surface area contributed by atoms with Gasteiger partial charge in [0.1, 0.15) is 0 Å². The first-order valence-corrected chi connectivity index (χ1v) is 9.39. The van der Waals surface area contributed by atoms with Crippen LogP contribution < -0.4 is 9.47 Å². The number of aromatic nitrogens is 1. The fourth-order valence-corrected chi connectivity index (χ4v) is 3.60. The predicted molar refractivity (Wildman–Crippen MR) is 97.7 cm³/mol. The highest BCUT2D eigenvalue weighted by Crippen LogP contribution is 2.30. The van der Waals surface area contributed by atoms with Gasteiger partial charge in [0.15, 0.2) is 11.5 Å². The smallest absolute Gasteiger partial charge is 0.387 e. The molecule has 0 bridgehead atoms. The van der Waals surface area contributed by atoms with Crippen molar-refractivity contribution in [2.45, 2.75) is 20.1 Å². The lowest BCUT2D eigenvalue weighted by Crippen LogP contribution is -2.48. The molecular weight excluding hydrogens is 376 g/mol. The van der Waals surface area contributed by atoms with Crippen molar-refractivity contribution in [1.29, 1.82) is 0 Å². The fraction of sp³-hybridized carbons (Fsp3) is 0.444. The van der Waals surface area contributed by atoms with Crippen molar-refractivity contribution in [3.63, 3.8) is 0 Å². The number of carbonyl (C=O) groups is 1. The monoisotopic (exact) mass is 397 g/mol. The van der Waals surface area contributed by atoms with Gasteiger partial charge < -0.3 is 14.4 Å². The van der Waals surface area contributed by atoms with Crippen molar-refractivity contribution < 1.29 is 23.0 Å². The molecule has 0 radical (unpaired) electrons. The Kier molecular flexibility index (Phi) is 6.22. The second-order valence-corrected chi connectivity index (χ2v) is 7.23. The predicted octanol–water partition coefficient (Wildman–Crippen LogP) is 3.02. The van der Waals surface area contributed by atoms with Crippen LogP contribution in [0.2, 0.25) is 0 Å². The molecule has 6 nitrogen and oxygen atoms in total. The number of thiazole rings is 1. The molecule has 27 heavy (non-hydrogen) atoms. The molecule has 1 fully saturated rings. The first-order chi connectivity index (χ1) is 13.0. The van der Waals surface area contributed by atoms with E-state index in [1.54, 1.807) is 22.3 Å². The molecule has 2 aromatic rings. The Morgan fingerprint density at radius 2 is 2.00 bits per heavy atom. The van der Waals surface area contributed by atoms with E-state index in [4.69, 9.17) is 4.74 Å². The lowest BCUT2D eigenvalue weighted by molar-refractivity contribution is -0.0512. The summed E-state index contributed by atoms with van der Waals surface area (Å²) in [5, 5.41) is 3.09.